The number of hydrogen-bond donors (Lipinski definition) is 0. The maximum atomic E-state index is 12.3. The van der Waals surface area contributed by atoms with E-state index >= 15 is 0 Å². The molecule has 10 heteroatoms. The van der Waals surface area contributed by atoms with Crippen LogP contribution in [0.4, 0.5) is 11.4 Å². The Morgan fingerprint density at radius 3 is 2.54 bits per heavy atom. The fourth-order valence-corrected chi connectivity index (χ4v) is 2.46. The number of nitro groups is 1. The zero-order valence-corrected chi connectivity index (χ0v) is 14.5. The van der Waals surface area contributed by atoms with Gasteiger partial charge in [-0.05, 0) is 13.0 Å². The number of esters is 2. The maximum Gasteiger partial charge on any atom is 0.355 e. The number of nitro benzene ring substituents is 1. The van der Waals surface area contributed by atoms with Crippen molar-refractivity contribution in [2.45, 2.75) is 6.92 Å². The Kier molecular flexibility index (Phi) is 6.12. The third kappa shape index (κ3) is 3.75. The van der Waals surface area contributed by atoms with E-state index in [-0.39, 0.29) is 36.0 Å². The number of methoxy groups -OCH3 is 2. The molecule has 1 aliphatic heterocycles. The first kappa shape index (κ1) is 19.2. The number of anilines is 1. The number of benzene rings is 1. The zero-order valence-electron chi connectivity index (χ0n) is 14.5. The molecule has 140 valence electrons. The van der Waals surface area contributed by atoms with Crippen LogP contribution in [0.5, 0.6) is 5.75 Å². The van der Waals surface area contributed by atoms with E-state index in [9.17, 15) is 19.7 Å². The molecule has 1 heterocycles. The standard InChI is InChI=1S/C16H18N2O8/c1-4-26-10-5-6-12(18(21)22)13(7-10)17-9-25-8-11(15(19)23-2)14(17)16(20)24-3/h5-7H,4,8-9H2,1-3H3. The van der Waals surface area contributed by atoms with E-state index < -0.39 is 16.9 Å². The van der Waals surface area contributed by atoms with Crippen molar-refractivity contribution in [1.82, 2.24) is 0 Å². The number of rotatable bonds is 6. The smallest absolute Gasteiger partial charge is 0.355 e. The molecule has 0 atom stereocenters. The van der Waals surface area contributed by atoms with E-state index in [0.717, 1.165) is 14.2 Å². The number of carbonyl (C=O) groups is 2. The summed E-state index contributed by atoms with van der Waals surface area (Å²) < 4.78 is 20.1. The Bertz CT molecular complexity index is 759. The van der Waals surface area contributed by atoms with E-state index in [4.69, 9.17) is 14.2 Å². The van der Waals surface area contributed by atoms with Crippen LogP contribution >= 0.6 is 0 Å². The minimum atomic E-state index is -0.843. The Morgan fingerprint density at radius 1 is 1.27 bits per heavy atom. The molecule has 0 unspecified atom stereocenters. The second-order valence-corrected chi connectivity index (χ2v) is 5.06. The quantitative estimate of drug-likeness (QED) is 0.418. The monoisotopic (exact) mass is 366 g/mol. The second-order valence-electron chi connectivity index (χ2n) is 5.06. The second kappa shape index (κ2) is 8.30. The van der Waals surface area contributed by atoms with Crippen LogP contribution in [0.3, 0.4) is 0 Å². The number of ether oxygens (including phenoxy) is 4. The highest BCUT2D eigenvalue weighted by molar-refractivity contribution is 6.03. The SMILES string of the molecule is CCOc1ccc([N+](=O)[O-])c(N2COCC(C(=O)OC)=C2C(=O)OC)c1. The maximum absolute atomic E-state index is 12.3. The van der Waals surface area contributed by atoms with Crippen LogP contribution in [0.15, 0.2) is 29.5 Å². The average molecular weight is 366 g/mol. The van der Waals surface area contributed by atoms with E-state index in [2.05, 4.69) is 4.74 Å². The molecule has 1 aromatic carbocycles. The van der Waals surface area contributed by atoms with E-state index in [1.807, 2.05) is 0 Å². The van der Waals surface area contributed by atoms with Gasteiger partial charge in [-0.2, -0.15) is 0 Å². The van der Waals surface area contributed by atoms with Crippen LogP contribution in [-0.4, -0.2) is 51.0 Å². The highest BCUT2D eigenvalue weighted by atomic mass is 16.6. The fraction of sp³-hybridized carbons (Fsp3) is 0.375. The van der Waals surface area contributed by atoms with Gasteiger partial charge in [-0.15, -0.1) is 0 Å². The summed E-state index contributed by atoms with van der Waals surface area (Å²) in [5, 5.41) is 11.4. The highest BCUT2D eigenvalue weighted by Gasteiger charge is 2.35. The third-order valence-corrected chi connectivity index (χ3v) is 3.58. The van der Waals surface area contributed by atoms with Crippen molar-refractivity contribution in [3.63, 3.8) is 0 Å². The molecule has 0 radical (unpaired) electrons. The number of hydrogen-bond acceptors (Lipinski definition) is 9. The summed E-state index contributed by atoms with van der Waals surface area (Å²) in [6.07, 6.45) is 0. The Balaban J connectivity index is 2.67. The van der Waals surface area contributed by atoms with E-state index in [0.29, 0.717) is 12.4 Å². The van der Waals surface area contributed by atoms with Gasteiger partial charge in [-0.3, -0.25) is 10.1 Å². The molecule has 1 aromatic rings. The van der Waals surface area contributed by atoms with Crippen molar-refractivity contribution in [3.05, 3.63) is 39.6 Å². The molecule has 26 heavy (non-hydrogen) atoms. The van der Waals surface area contributed by atoms with E-state index in [1.165, 1.54) is 23.1 Å². The molecule has 0 aliphatic carbocycles. The molecule has 0 saturated carbocycles. The molecule has 0 saturated heterocycles. The van der Waals surface area contributed by atoms with Crippen LogP contribution in [-0.2, 0) is 23.8 Å². The third-order valence-electron chi connectivity index (χ3n) is 3.58. The lowest BCUT2D eigenvalue weighted by Gasteiger charge is -2.31. The molecular formula is C16H18N2O8. The zero-order chi connectivity index (χ0) is 19.3. The minimum absolute atomic E-state index is 0.0300. The minimum Gasteiger partial charge on any atom is -0.494 e. The van der Waals surface area contributed by atoms with Gasteiger partial charge in [0, 0.05) is 12.1 Å². The Labute approximate surface area is 149 Å². The molecule has 0 bridgehead atoms. The molecule has 0 aromatic heterocycles. The lowest BCUT2D eigenvalue weighted by Crippen LogP contribution is -2.39. The van der Waals surface area contributed by atoms with Gasteiger partial charge in [0.05, 0.1) is 37.9 Å². The van der Waals surface area contributed by atoms with Crippen molar-refractivity contribution in [3.8, 4) is 5.75 Å². The van der Waals surface area contributed by atoms with Crippen molar-refractivity contribution in [1.29, 1.82) is 0 Å². The summed E-state index contributed by atoms with van der Waals surface area (Å²) in [6.45, 7) is 1.73. The molecule has 1 aliphatic rings. The summed E-state index contributed by atoms with van der Waals surface area (Å²) in [4.78, 5) is 36.3. The van der Waals surface area contributed by atoms with Gasteiger partial charge in [-0.25, -0.2) is 9.59 Å². The van der Waals surface area contributed by atoms with Gasteiger partial charge in [0.1, 0.15) is 23.9 Å². The predicted molar refractivity (Wildman–Crippen MR) is 88.6 cm³/mol. The van der Waals surface area contributed by atoms with Crippen LogP contribution in [0, 0.1) is 10.1 Å². The molecule has 0 fully saturated rings. The summed E-state index contributed by atoms with van der Waals surface area (Å²) in [6, 6.07) is 4.09. The summed E-state index contributed by atoms with van der Waals surface area (Å²) in [5.74, 6) is -1.27. The molecular weight excluding hydrogens is 348 g/mol. The normalized spacial score (nSPS) is 14.0. The van der Waals surface area contributed by atoms with Gasteiger partial charge in [0.25, 0.3) is 5.69 Å². The fourth-order valence-electron chi connectivity index (χ4n) is 2.46. The van der Waals surface area contributed by atoms with Crippen molar-refractivity contribution in [2.24, 2.45) is 0 Å². The Morgan fingerprint density at radius 2 is 1.96 bits per heavy atom. The lowest BCUT2D eigenvalue weighted by molar-refractivity contribution is -0.384. The van der Waals surface area contributed by atoms with Crippen LogP contribution in [0.25, 0.3) is 0 Å². The molecule has 0 N–H and O–H groups in total. The van der Waals surface area contributed by atoms with Gasteiger partial charge >= 0.3 is 11.9 Å². The topological polar surface area (TPSA) is 117 Å². The van der Waals surface area contributed by atoms with Gasteiger partial charge in [0.2, 0.25) is 0 Å². The predicted octanol–water partition coefficient (Wildman–Crippen LogP) is 1.39. The van der Waals surface area contributed by atoms with Crippen LogP contribution in [0.2, 0.25) is 0 Å². The largest absolute Gasteiger partial charge is 0.494 e. The van der Waals surface area contributed by atoms with Crippen molar-refractivity contribution < 1.29 is 33.5 Å². The van der Waals surface area contributed by atoms with Crippen molar-refractivity contribution in [2.75, 3.05) is 39.1 Å². The first-order chi connectivity index (χ1) is 12.4. The molecule has 2 rings (SSSR count). The molecule has 10 nitrogen and oxygen atoms in total. The van der Waals surface area contributed by atoms with E-state index in [1.54, 1.807) is 6.92 Å². The first-order valence-corrected chi connectivity index (χ1v) is 7.60. The average Bonchev–Trinajstić information content (AvgIpc) is 2.66. The molecule has 0 amide bonds. The summed E-state index contributed by atoms with van der Waals surface area (Å²) in [5.41, 5.74) is -0.531. The number of carbonyl (C=O) groups excluding carboxylic acids is 2. The number of nitrogens with zero attached hydrogens (tertiary/aromatic N) is 2. The van der Waals surface area contributed by atoms with Gasteiger partial charge < -0.3 is 23.8 Å². The Hall–Kier alpha value is -3.14. The van der Waals surface area contributed by atoms with Gasteiger partial charge in [0.15, 0.2) is 0 Å². The van der Waals surface area contributed by atoms with Crippen molar-refractivity contribution >= 4 is 23.3 Å². The van der Waals surface area contributed by atoms with Crippen LogP contribution in [0.1, 0.15) is 6.92 Å². The summed E-state index contributed by atoms with van der Waals surface area (Å²) >= 11 is 0. The highest BCUT2D eigenvalue weighted by Crippen LogP contribution is 2.36. The summed E-state index contributed by atoms with van der Waals surface area (Å²) in [7, 11) is 2.30. The van der Waals surface area contributed by atoms with Gasteiger partial charge in [-0.1, -0.05) is 0 Å². The molecule has 0 spiro atoms. The lowest BCUT2D eigenvalue weighted by atomic mass is 10.1. The first-order valence-electron chi connectivity index (χ1n) is 7.60. The van der Waals surface area contributed by atoms with Crippen LogP contribution < -0.4 is 9.64 Å².